The van der Waals surface area contributed by atoms with Crippen LogP contribution in [0.4, 0.5) is 0 Å². The number of hydrogen-bond acceptors (Lipinski definition) is 5. The number of aromatic nitrogens is 1. The Hall–Kier alpha value is -1.85. The standard InChI is InChI=1S/C16H14ClNO3S/c1-10(14(19)11-5-7-12(17)8-6-11)21-16(20)13-4-3-9-18-15(13)22-2/h3-10H,1-2H3/t10-/m1/s1. The van der Waals surface area contributed by atoms with E-state index in [1.807, 2.05) is 6.26 Å². The van der Waals surface area contributed by atoms with Crippen molar-refractivity contribution in [2.24, 2.45) is 0 Å². The Balaban J connectivity index is 2.11. The molecule has 0 N–H and O–H groups in total. The summed E-state index contributed by atoms with van der Waals surface area (Å²) in [7, 11) is 0. The van der Waals surface area contributed by atoms with E-state index in [2.05, 4.69) is 4.98 Å². The van der Waals surface area contributed by atoms with Gasteiger partial charge >= 0.3 is 5.97 Å². The highest BCUT2D eigenvalue weighted by molar-refractivity contribution is 7.98. The fraction of sp³-hybridized carbons (Fsp3) is 0.188. The topological polar surface area (TPSA) is 56.3 Å². The Morgan fingerprint density at radius 2 is 1.91 bits per heavy atom. The monoisotopic (exact) mass is 335 g/mol. The maximum absolute atomic E-state index is 12.2. The first kappa shape index (κ1) is 16.5. The van der Waals surface area contributed by atoms with Gasteiger partial charge in [-0.2, -0.15) is 0 Å². The molecule has 0 unspecified atom stereocenters. The predicted molar refractivity (Wildman–Crippen MR) is 86.7 cm³/mol. The molecule has 1 atom stereocenters. The molecule has 0 radical (unpaired) electrons. The van der Waals surface area contributed by atoms with Gasteiger partial charge in [-0.15, -0.1) is 11.8 Å². The number of nitrogens with zero attached hydrogens (tertiary/aromatic N) is 1. The first-order valence-corrected chi connectivity index (χ1v) is 8.13. The number of ketones is 1. The fourth-order valence-electron chi connectivity index (χ4n) is 1.84. The normalized spacial score (nSPS) is 11.8. The van der Waals surface area contributed by atoms with Crippen molar-refractivity contribution in [3.05, 3.63) is 58.7 Å². The fourth-order valence-corrected chi connectivity index (χ4v) is 2.50. The molecule has 6 heteroatoms. The largest absolute Gasteiger partial charge is 0.451 e. The zero-order valence-electron chi connectivity index (χ0n) is 12.1. The van der Waals surface area contributed by atoms with Gasteiger partial charge in [-0.1, -0.05) is 11.6 Å². The first-order chi connectivity index (χ1) is 10.5. The molecule has 0 amide bonds. The van der Waals surface area contributed by atoms with Gasteiger partial charge in [0.1, 0.15) is 5.03 Å². The van der Waals surface area contributed by atoms with Crippen LogP contribution < -0.4 is 0 Å². The van der Waals surface area contributed by atoms with Crippen LogP contribution in [0, 0.1) is 0 Å². The van der Waals surface area contributed by atoms with Crippen LogP contribution in [0.5, 0.6) is 0 Å². The second-order valence-corrected chi connectivity index (χ2v) is 5.71. The van der Waals surface area contributed by atoms with E-state index in [-0.39, 0.29) is 5.78 Å². The average Bonchev–Trinajstić information content (AvgIpc) is 2.54. The molecule has 0 aliphatic rings. The molecule has 22 heavy (non-hydrogen) atoms. The Morgan fingerprint density at radius 3 is 2.55 bits per heavy atom. The molecule has 0 saturated heterocycles. The van der Waals surface area contributed by atoms with E-state index < -0.39 is 12.1 Å². The third kappa shape index (κ3) is 3.87. The second-order valence-electron chi connectivity index (χ2n) is 4.48. The number of rotatable bonds is 5. The minimum atomic E-state index is -0.886. The number of carbonyl (C=O) groups excluding carboxylic acids is 2. The van der Waals surface area contributed by atoms with Gasteiger partial charge < -0.3 is 4.74 Å². The van der Waals surface area contributed by atoms with Crippen LogP contribution in [0.25, 0.3) is 0 Å². The molecule has 0 bridgehead atoms. The van der Waals surface area contributed by atoms with Crippen LogP contribution in [0.3, 0.4) is 0 Å². The lowest BCUT2D eigenvalue weighted by Crippen LogP contribution is -2.24. The summed E-state index contributed by atoms with van der Waals surface area (Å²) in [6.07, 6.45) is 2.54. The Kier molecular flexibility index (Phi) is 5.57. The summed E-state index contributed by atoms with van der Waals surface area (Å²) in [6.45, 7) is 1.55. The molecular weight excluding hydrogens is 322 g/mol. The molecule has 1 aromatic carbocycles. The van der Waals surface area contributed by atoms with Gasteiger partial charge in [0.15, 0.2) is 6.10 Å². The summed E-state index contributed by atoms with van der Waals surface area (Å²) in [5.41, 5.74) is 0.798. The van der Waals surface area contributed by atoms with Gasteiger partial charge in [0, 0.05) is 16.8 Å². The van der Waals surface area contributed by atoms with Gasteiger partial charge in [0.25, 0.3) is 0 Å². The smallest absolute Gasteiger partial charge is 0.341 e. The highest BCUT2D eigenvalue weighted by atomic mass is 35.5. The molecule has 4 nitrogen and oxygen atoms in total. The van der Waals surface area contributed by atoms with Crippen LogP contribution in [-0.4, -0.2) is 29.1 Å². The highest BCUT2D eigenvalue weighted by Crippen LogP contribution is 2.19. The number of pyridine rings is 1. The lowest BCUT2D eigenvalue weighted by Gasteiger charge is -2.13. The van der Waals surface area contributed by atoms with Crippen molar-refractivity contribution in [2.45, 2.75) is 18.1 Å². The van der Waals surface area contributed by atoms with Crippen LogP contribution in [0.2, 0.25) is 5.02 Å². The summed E-state index contributed by atoms with van der Waals surface area (Å²) >= 11 is 7.13. The molecule has 2 aromatic rings. The van der Waals surface area contributed by atoms with E-state index in [9.17, 15) is 9.59 Å². The molecule has 0 aliphatic heterocycles. The minimum Gasteiger partial charge on any atom is -0.451 e. The maximum Gasteiger partial charge on any atom is 0.341 e. The lowest BCUT2D eigenvalue weighted by molar-refractivity contribution is 0.0314. The van der Waals surface area contributed by atoms with E-state index in [4.69, 9.17) is 16.3 Å². The number of Topliss-reactive ketones (excluding diaryl/α,β-unsaturated/α-hetero) is 1. The molecule has 1 heterocycles. The number of halogens is 1. The SMILES string of the molecule is CSc1ncccc1C(=O)O[C@H](C)C(=O)c1ccc(Cl)cc1. The molecule has 2 rings (SSSR count). The van der Waals surface area contributed by atoms with Crippen LogP contribution in [0.15, 0.2) is 47.6 Å². The number of benzene rings is 1. The Bertz CT molecular complexity index is 688. The van der Waals surface area contributed by atoms with Crippen LogP contribution >= 0.6 is 23.4 Å². The van der Waals surface area contributed by atoms with E-state index in [1.165, 1.54) is 11.8 Å². The molecule has 0 spiro atoms. The zero-order valence-corrected chi connectivity index (χ0v) is 13.6. The van der Waals surface area contributed by atoms with Gasteiger partial charge in [0.2, 0.25) is 5.78 Å². The highest BCUT2D eigenvalue weighted by Gasteiger charge is 2.22. The summed E-state index contributed by atoms with van der Waals surface area (Å²) in [5, 5.41) is 1.11. The van der Waals surface area contributed by atoms with Crippen molar-refractivity contribution >= 4 is 35.1 Å². The minimum absolute atomic E-state index is 0.278. The molecule has 0 fully saturated rings. The number of carbonyl (C=O) groups is 2. The van der Waals surface area contributed by atoms with Crippen molar-refractivity contribution in [3.8, 4) is 0 Å². The summed E-state index contributed by atoms with van der Waals surface area (Å²) in [6, 6.07) is 9.73. The number of ether oxygens (including phenoxy) is 1. The number of hydrogen-bond donors (Lipinski definition) is 0. The summed E-state index contributed by atoms with van der Waals surface area (Å²) in [4.78, 5) is 28.5. The average molecular weight is 336 g/mol. The number of esters is 1. The van der Waals surface area contributed by atoms with Crippen LogP contribution in [0.1, 0.15) is 27.6 Å². The third-order valence-corrected chi connectivity index (χ3v) is 3.93. The lowest BCUT2D eigenvalue weighted by atomic mass is 10.1. The van der Waals surface area contributed by atoms with Gasteiger partial charge in [-0.05, 0) is 49.6 Å². The number of thioether (sulfide) groups is 1. The van der Waals surface area contributed by atoms with Gasteiger partial charge in [-0.25, -0.2) is 9.78 Å². The Morgan fingerprint density at radius 1 is 1.23 bits per heavy atom. The zero-order chi connectivity index (χ0) is 16.1. The van der Waals surface area contributed by atoms with Crippen molar-refractivity contribution in [1.82, 2.24) is 4.98 Å². The van der Waals surface area contributed by atoms with Crippen molar-refractivity contribution in [2.75, 3.05) is 6.26 Å². The van der Waals surface area contributed by atoms with E-state index in [0.29, 0.717) is 21.2 Å². The summed E-state index contributed by atoms with van der Waals surface area (Å²) in [5.74, 6) is -0.841. The van der Waals surface area contributed by atoms with E-state index >= 15 is 0 Å². The molecule has 114 valence electrons. The quantitative estimate of drug-likeness (QED) is 0.471. The van der Waals surface area contributed by atoms with Crippen molar-refractivity contribution < 1.29 is 14.3 Å². The molecular formula is C16H14ClNO3S. The Labute approximate surface area is 137 Å². The van der Waals surface area contributed by atoms with Crippen molar-refractivity contribution in [1.29, 1.82) is 0 Å². The van der Waals surface area contributed by atoms with Gasteiger partial charge in [0.05, 0.1) is 5.56 Å². The van der Waals surface area contributed by atoms with E-state index in [1.54, 1.807) is 49.5 Å². The van der Waals surface area contributed by atoms with Gasteiger partial charge in [-0.3, -0.25) is 4.79 Å². The first-order valence-electron chi connectivity index (χ1n) is 6.52. The molecule has 1 aromatic heterocycles. The predicted octanol–water partition coefficient (Wildman–Crippen LogP) is 3.89. The van der Waals surface area contributed by atoms with Crippen LogP contribution in [-0.2, 0) is 4.74 Å². The summed E-state index contributed by atoms with van der Waals surface area (Å²) < 4.78 is 5.25. The van der Waals surface area contributed by atoms with E-state index in [0.717, 1.165) is 0 Å². The third-order valence-electron chi connectivity index (χ3n) is 2.97. The maximum atomic E-state index is 12.2. The second kappa shape index (κ2) is 7.42. The molecule has 0 saturated carbocycles. The molecule has 0 aliphatic carbocycles. The van der Waals surface area contributed by atoms with Crippen molar-refractivity contribution in [3.63, 3.8) is 0 Å².